The first-order chi connectivity index (χ1) is 15.9. The van der Waals surface area contributed by atoms with Crippen LogP contribution in [-0.2, 0) is 9.53 Å². The van der Waals surface area contributed by atoms with E-state index in [1.807, 2.05) is 26.0 Å². The van der Waals surface area contributed by atoms with Gasteiger partial charge in [-0.3, -0.25) is 0 Å². The number of esters is 1. The van der Waals surface area contributed by atoms with Crippen molar-refractivity contribution in [3.8, 4) is 23.3 Å². The minimum Gasteiger partial charge on any atom is -0.497 e. The molecule has 3 aromatic carbocycles. The highest BCUT2D eigenvalue weighted by Gasteiger charge is 2.28. The molecule has 0 spiro atoms. The summed E-state index contributed by atoms with van der Waals surface area (Å²) in [6.07, 6.45) is -1.23. The average Bonchev–Trinajstić information content (AvgIpc) is 2.83. The van der Waals surface area contributed by atoms with E-state index in [0.29, 0.717) is 22.7 Å². The third-order valence-electron chi connectivity index (χ3n) is 4.91. The predicted octanol–water partition coefficient (Wildman–Crippen LogP) is 5.87. The molecule has 0 heterocycles. The maximum atomic E-state index is 14.3. The fourth-order valence-corrected chi connectivity index (χ4v) is 3.10. The van der Waals surface area contributed by atoms with Crippen LogP contribution in [-0.4, -0.2) is 19.1 Å². The third kappa shape index (κ3) is 6.23. The molecule has 33 heavy (non-hydrogen) atoms. The van der Waals surface area contributed by atoms with Crippen LogP contribution in [0.4, 0.5) is 10.1 Å². The molecule has 0 saturated heterocycles. The molecular weight excluding hydrogens is 423 g/mol. The van der Waals surface area contributed by atoms with Gasteiger partial charge in [-0.1, -0.05) is 38.1 Å². The van der Waals surface area contributed by atoms with Crippen molar-refractivity contribution < 1.29 is 23.4 Å². The number of hydrogen-bond donors (Lipinski definition) is 1. The molecule has 0 bridgehead atoms. The van der Waals surface area contributed by atoms with Crippen molar-refractivity contribution in [3.63, 3.8) is 0 Å². The van der Waals surface area contributed by atoms with Crippen LogP contribution in [0.1, 0.15) is 25.5 Å². The number of ether oxygens (including phenoxy) is 3. The lowest BCUT2D eigenvalue weighted by atomic mass is 10.0. The highest BCUT2D eigenvalue weighted by molar-refractivity contribution is 5.80. The molecule has 0 aliphatic carbocycles. The molecule has 0 fully saturated rings. The molecule has 0 saturated carbocycles. The van der Waals surface area contributed by atoms with E-state index in [9.17, 15) is 14.4 Å². The zero-order valence-corrected chi connectivity index (χ0v) is 18.6. The lowest BCUT2D eigenvalue weighted by Gasteiger charge is -2.23. The monoisotopic (exact) mass is 448 g/mol. The van der Waals surface area contributed by atoms with Gasteiger partial charge in [-0.05, 0) is 54.4 Å². The Balaban J connectivity index is 1.76. The number of nitrogens with one attached hydrogen (secondary N) is 1. The molecule has 2 atom stereocenters. The Morgan fingerprint density at radius 2 is 1.70 bits per heavy atom. The van der Waals surface area contributed by atoms with Gasteiger partial charge in [0.2, 0.25) is 6.10 Å². The smallest absolute Gasteiger partial charge is 0.330 e. The van der Waals surface area contributed by atoms with Crippen LogP contribution < -0.4 is 14.8 Å². The molecule has 7 heteroatoms. The number of methoxy groups -OCH3 is 1. The molecule has 0 radical (unpaired) electrons. The molecule has 0 aliphatic rings. The van der Waals surface area contributed by atoms with Gasteiger partial charge in [0.1, 0.15) is 23.6 Å². The molecule has 3 aromatic rings. The average molecular weight is 448 g/mol. The summed E-state index contributed by atoms with van der Waals surface area (Å²) in [6, 6.07) is 21.1. The van der Waals surface area contributed by atoms with Crippen molar-refractivity contribution in [3.05, 3.63) is 84.2 Å². The second-order valence-electron chi connectivity index (χ2n) is 7.65. The standard InChI is InChI=1S/C26H25FN2O4/c1-17(2)25(29-19-10-12-20(31-3)13-11-19)26(30)33-24(16-28)18-9-14-22(27)23(15-18)32-21-7-5-4-6-8-21/h4-15,17,24-25,29H,1-3H3. The van der Waals surface area contributed by atoms with E-state index in [4.69, 9.17) is 14.2 Å². The molecule has 2 unspecified atom stereocenters. The molecule has 6 nitrogen and oxygen atoms in total. The summed E-state index contributed by atoms with van der Waals surface area (Å²) in [7, 11) is 1.57. The lowest BCUT2D eigenvalue weighted by Crippen LogP contribution is -2.36. The summed E-state index contributed by atoms with van der Waals surface area (Å²) in [6.45, 7) is 3.74. The van der Waals surface area contributed by atoms with Crippen LogP contribution in [0.25, 0.3) is 0 Å². The molecule has 170 valence electrons. The molecule has 3 rings (SSSR count). The van der Waals surface area contributed by atoms with Crippen molar-refractivity contribution in [1.82, 2.24) is 0 Å². The Morgan fingerprint density at radius 1 is 1.00 bits per heavy atom. The van der Waals surface area contributed by atoms with E-state index in [2.05, 4.69) is 5.32 Å². The van der Waals surface area contributed by atoms with Gasteiger partial charge in [-0.2, -0.15) is 5.26 Å². The molecule has 0 aliphatic heterocycles. The Bertz CT molecular complexity index is 1110. The SMILES string of the molecule is COc1ccc(NC(C(=O)OC(C#N)c2ccc(F)c(Oc3ccccc3)c2)C(C)C)cc1. The van der Waals surface area contributed by atoms with E-state index in [1.165, 1.54) is 18.2 Å². The van der Waals surface area contributed by atoms with Crippen LogP contribution in [0.15, 0.2) is 72.8 Å². The van der Waals surface area contributed by atoms with Gasteiger partial charge in [0.25, 0.3) is 0 Å². The zero-order chi connectivity index (χ0) is 23.8. The van der Waals surface area contributed by atoms with Crippen molar-refractivity contribution >= 4 is 11.7 Å². The topological polar surface area (TPSA) is 80.6 Å². The maximum Gasteiger partial charge on any atom is 0.330 e. The number of nitriles is 1. The maximum absolute atomic E-state index is 14.3. The summed E-state index contributed by atoms with van der Waals surface area (Å²) in [5, 5.41) is 12.8. The predicted molar refractivity (Wildman–Crippen MR) is 123 cm³/mol. The largest absolute Gasteiger partial charge is 0.497 e. The van der Waals surface area contributed by atoms with Crippen molar-refractivity contribution in [2.75, 3.05) is 12.4 Å². The first-order valence-electron chi connectivity index (χ1n) is 10.4. The van der Waals surface area contributed by atoms with Gasteiger partial charge in [0, 0.05) is 11.3 Å². The van der Waals surface area contributed by atoms with Crippen LogP contribution >= 0.6 is 0 Å². The number of hydrogen-bond acceptors (Lipinski definition) is 6. The Hall–Kier alpha value is -4.05. The summed E-state index contributed by atoms with van der Waals surface area (Å²) < 4.78 is 30.5. The second-order valence-corrected chi connectivity index (χ2v) is 7.65. The van der Waals surface area contributed by atoms with Gasteiger partial charge < -0.3 is 19.5 Å². The van der Waals surface area contributed by atoms with E-state index >= 15 is 0 Å². The Kier molecular flexibility index (Phi) is 7.87. The van der Waals surface area contributed by atoms with E-state index < -0.39 is 23.9 Å². The molecule has 1 N–H and O–H groups in total. The fourth-order valence-electron chi connectivity index (χ4n) is 3.10. The molecule has 0 amide bonds. The summed E-state index contributed by atoms with van der Waals surface area (Å²) in [4.78, 5) is 12.9. The number of para-hydroxylation sites is 1. The van der Waals surface area contributed by atoms with Gasteiger partial charge in [0.15, 0.2) is 11.6 Å². The highest BCUT2D eigenvalue weighted by Crippen LogP contribution is 2.29. The van der Waals surface area contributed by atoms with Gasteiger partial charge in [-0.15, -0.1) is 0 Å². The van der Waals surface area contributed by atoms with Gasteiger partial charge in [-0.25, -0.2) is 9.18 Å². The number of nitrogens with zero attached hydrogens (tertiary/aromatic N) is 1. The van der Waals surface area contributed by atoms with Crippen LogP contribution in [0, 0.1) is 23.1 Å². The fraction of sp³-hybridized carbons (Fsp3) is 0.231. The van der Waals surface area contributed by atoms with Crippen molar-refractivity contribution in [2.45, 2.75) is 26.0 Å². The molecule has 0 aromatic heterocycles. The second kappa shape index (κ2) is 11.0. The van der Waals surface area contributed by atoms with Crippen LogP contribution in [0.5, 0.6) is 17.2 Å². The van der Waals surface area contributed by atoms with Crippen LogP contribution in [0.3, 0.4) is 0 Å². The number of rotatable bonds is 9. The minimum atomic E-state index is -1.23. The van der Waals surface area contributed by atoms with E-state index in [1.54, 1.807) is 55.6 Å². The number of carbonyl (C=O) groups is 1. The number of benzene rings is 3. The Labute approximate surface area is 192 Å². The first-order valence-corrected chi connectivity index (χ1v) is 10.4. The summed E-state index contributed by atoms with van der Waals surface area (Å²) in [5.41, 5.74) is 1.02. The van der Waals surface area contributed by atoms with Crippen LogP contribution in [0.2, 0.25) is 0 Å². The van der Waals surface area contributed by atoms with E-state index in [0.717, 1.165) is 0 Å². The number of anilines is 1. The zero-order valence-electron chi connectivity index (χ0n) is 18.6. The third-order valence-corrected chi connectivity index (χ3v) is 4.91. The minimum absolute atomic E-state index is 0.0632. The van der Waals surface area contributed by atoms with Gasteiger partial charge >= 0.3 is 5.97 Å². The summed E-state index contributed by atoms with van der Waals surface area (Å²) >= 11 is 0. The quantitative estimate of drug-likeness (QED) is 0.412. The number of carbonyl (C=O) groups excluding carboxylic acids is 1. The lowest BCUT2D eigenvalue weighted by molar-refractivity contribution is -0.148. The molecular formula is C26H25FN2O4. The van der Waals surface area contributed by atoms with Gasteiger partial charge in [0.05, 0.1) is 7.11 Å². The van der Waals surface area contributed by atoms with Crippen molar-refractivity contribution in [2.24, 2.45) is 5.92 Å². The van der Waals surface area contributed by atoms with Crippen molar-refractivity contribution in [1.29, 1.82) is 5.26 Å². The Morgan fingerprint density at radius 3 is 2.30 bits per heavy atom. The summed E-state index contributed by atoms with van der Waals surface area (Å²) in [5.74, 6) is -0.230. The van der Waals surface area contributed by atoms with E-state index in [-0.39, 0.29) is 11.7 Å². The first kappa shape index (κ1) is 23.6. The highest BCUT2D eigenvalue weighted by atomic mass is 19.1. The number of halogens is 1. The normalized spacial score (nSPS) is 12.4.